The third kappa shape index (κ3) is 1.88. The zero-order valence-corrected chi connectivity index (χ0v) is 10.6. The van der Waals surface area contributed by atoms with Gasteiger partial charge in [0.1, 0.15) is 5.82 Å². The molecule has 0 saturated heterocycles. The zero-order valence-electron chi connectivity index (χ0n) is 10.6. The lowest BCUT2D eigenvalue weighted by atomic mass is 10.1. The van der Waals surface area contributed by atoms with Crippen molar-refractivity contribution in [2.24, 2.45) is 5.73 Å². The van der Waals surface area contributed by atoms with E-state index in [0.717, 1.165) is 25.5 Å². The number of aromatic nitrogens is 2. The molecule has 18 heavy (non-hydrogen) atoms. The van der Waals surface area contributed by atoms with Crippen LogP contribution in [0.4, 0.5) is 5.69 Å². The first-order chi connectivity index (χ1) is 8.78. The standard InChI is InChI=1S/C14H18N4/c1-11-8-12(9-15)2-3-13(11)18-7-6-17-5-4-16-14(17)10-18/h2-5,8H,6-7,9-10,15H2,1H3. The van der Waals surface area contributed by atoms with E-state index in [1.165, 1.54) is 16.8 Å². The largest absolute Gasteiger partial charge is 0.362 e. The van der Waals surface area contributed by atoms with Crippen molar-refractivity contribution in [2.75, 3.05) is 11.4 Å². The van der Waals surface area contributed by atoms with Gasteiger partial charge in [-0.1, -0.05) is 12.1 Å². The molecule has 1 aromatic heterocycles. The highest BCUT2D eigenvalue weighted by atomic mass is 15.2. The Balaban J connectivity index is 1.88. The van der Waals surface area contributed by atoms with Crippen molar-refractivity contribution in [1.29, 1.82) is 0 Å². The Morgan fingerprint density at radius 2 is 2.22 bits per heavy atom. The summed E-state index contributed by atoms with van der Waals surface area (Å²) in [6.45, 7) is 5.68. The number of nitrogens with two attached hydrogens (primary N) is 1. The molecule has 0 amide bonds. The molecule has 2 N–H and O–H groups in total. The topological polar surface area (TPSA) is 47.1 Å². The van der Waals surface area contributed by atoms with E-state index in [0.29, 0.717) is 6.54 Å². The molecule has 2 heterocycles. The van der Waals surface area contributed by atoms with E-state index >= 15 is 0 Å². The molecule has 4 nitrogen and oxygen atoms in total. The minimum atomic E-state index is 0.603. The molecule has 2 aromatic rings. The van der Waals surface area contributed by atoms with Gasteiger partial charge in [0.25, 0.3) is 0 Å². The fourth-order valence-electron chi connectivity index (χ4n) is 2.58. The Morgan fingerprint density at radius 3 is 3.00 bits per heavy atom. The summed E-state index contributed by atoms with van der Waals surface area (Å²) < 4.78 is 2.22. The monoisotopic (exact) mass is 242 g/mol. The smallest absolute Gasteiger partial charge is 0.128 e. The van der Waals surface area contributed by atoms with Crippen molar-refractivity contribution in [2.45, 2.75) is 26.6 Å². The van der Waals surface area contributed by atoms with Crippen molar-refractivity contribution in [1.82, 2.24) is 9.55 Å². The summed E-state index contributed by atoms with van der Waals surface area (Å²) >= 11 is 0. The summed E-state index contributed by atoms with van der Waals surface area (Å²) in [6, 6.07) is 6.47. The SMILES string of the molecule is Cc1cc(CN)ccc1N1CCn2ccnc2C1. The van der Waals surface area contributed by atoms with Crippen LogP contribution in [0.1, 0.15) is 17.0 Å². The Hall–Kier alpha value is -1.81. The number of fused-ring (bicyclic) bond motifs is 1. The van der Waals surface area contributed by atoms with E-state index in [1.807, 2.05) is 6.20 Å². The van der Waals surface area contributed by atoms with E-state index < -0.39 is 0 Å². The number of aryl methyl sites for hydroxylation is 1. The van der Waals surface area contributed by atoms with Crippen molar-refractivity contribution in [3.63, 3.8) is 0 Å². The van der Waals surface area contributed by atoms with Gasteiger partial charge in [-0.3, -0.25) is 0 Å². The van der Waals surface area contributed by atoms with Gasteiger partial charge >= 0.3 is 0 Å². The molecule has 0 bridgehead atoms. The van der Waals surface area contributed by atoms with Gasteiger partial charge in [0.05, 0.1) is 6.54 Å². The Bertz CT molecular complexity index is 559. The third-order valence-electron chi connectivity index (χ3n) is 3.58. The van der Waals surface area contributed by atoms with E-state index in [1.54, 1.807) is 0 Å². The zero-order chi connectivity index (χ0) is 12.5. The van der Waals surface area contributed by atoms with E-state index in [2.05, 4.69) is 45.8 Å². The Morgan fingerprint density at radius 1 is 1.33 bits per heavy atom. The molecular weight excluding hydrogens is 224 g/mol. The minimum absolute atomic E-state index is 0.603. The maximum atomic E-state index is 5.67. The lowest BCUT2D eigenvalue weighted by molar-refractivity contribution is 0.559. The average Bonchev–Trinajstić information content (AvgIpc) is 2.85. The molecule has 0 radical (unpaired) electrons. The summed E-state index contributed by atoms with van der Waals surface area (Å²) in [5.74, 6) is 1.14. The molecular formula is C14H18N4. The number of hydrogen-bond acceptors (Lipinski definition) is 3. The summed E-state index contributed by atoms with van der Waals surface area (Å²) in [5, 5.41) is 0. The summed E-state index contributed by atoms with van der Waals surface area (Å²) in [7, 11) is 0. The predicted molar refractivity (Wildman–Crippen MR) is 72.3 cm³/mol. The van der Waals surface area contributed by atoms with Crippen LogP contribution in [-0.2, 0) is 19.6 Å². The molecule has 3 rings (SSSR count). The molecule has 0 spiro atoms. The van der Waals surface area contributed by atoms with Crippen LogP contribution < -0.4 is 10.6 Å². The summed E-state index contributed by atoms with van der Waals surface area (Å²) in [4.78, 5) is 6.78. The number of hydrogen-bond donors (Lipinski definition) is 1. The molecule has 4 heteroatoms. The van der Waals surface area contributed by atoms with Crippen LogP contribution >= 0.6 is 0 Å². The average molecular weight is 242 g/mol. The van der Waals surface area contributed by atoms with Gasteiger partial charge in [-0.2, -0.15) is 0 Å². The van der Waals surface area contributed by atoms with Gasteiger partial charge < -0.3 is 15.2 Å². The molecule has 0 saturated carbocycles. The Labute approximate surface area is 107 Å². The van der Waals surface area contributed by atoms with Gasteiger partial charge in [0, 0.05) is 37.7 Å². The van der Waals surface area contributed by atoms with Crippen LogP contribution in [0.2, 0.25) is 0 Å². The summed E-state index contributed by atoms with van der Waals surface area (Å²) in [6.07, 6.45) is 3.93. The molecule has 0 atom stereocenters. The molecule has 1 aliphatic heterocycles. The van der Waals surface area contributed by atoms with E-state index in [-0.39, 0.29) is 0 Å². The number of rotatable bonds is 2. The van der Waals surface area contributed by atoms with Crippen LogP contribution in [0, 0.1) is 6.92 Å². The molecule has 0 aliphatic carbocycles. The molecule has 0 fully saturated rings. The highest BCUT2D eigenvalue weighted by Crippen LogP contribution is 2.24. The molecule has 0 unspecified atom stereocenters. The number of anilines is 1. The second-order valence-electron chi connectivity index (χ2n) is 4.78. The number of benzene rings is 1. The van der Waals surface area contributed by atoms with Gasteiger partial charge in [-0.15, -0.1) is 0 Å². The molecule has 1 aliphatic rings. The Kier molecular flexibility index (Phi) is 2.80. The third-order valence-corrected chi connectivity index (χ3v) is 3.58. The minimum Gasteiger partial charge on any atom is -0.362 e. The van der Waals surface area contributed by atoms with Crippen molar-refractivity contribution < 1.29 is 0 Å². The lowest BCUT2D eigenvalue weighted by Gasteiger charge is -2.31. The normalized spacial score (nSPS) is 14.7. The molecule has 1 aromatic carbocycles. The number of nitrogens with zero attached hydrogens (tertiary/aromatic N) is 3. The fraction of sp³-hybridized carbons (Fsp3) is 0.357. The lowest BCUT2D eigenvalue weighted by Crippen LogP contribution is -2.34. The predicted octanol–water partition coefficient (Wildman–Crippen LogP) is 1.67. The van der Waals surface area contributed by atoms with Crippen molar-refractivity contribution in [3.05, 3.63) is 47.5 Å². The van der Waals surface area contributed by atoms with Gasteiger partial charge in [-0.25, -0.2) is 4.98 Å². The van der Waals surface area contributed by atoms with Gasteiger partial charge in [0.15, 0.2) is 0 Å². The van der Waals surface area contributed by atoms with Crippen LogP contribution in [0.3, 0.4) is 0 Å². The van der Waals surface area contributed by atoms with Crippen molar-refractivity contribution in [3.8, 4) is 0 Å². The highest BCUT2D eigenvalue weighted by Gasteiger charge is 2.18. The molecule has 94 valence electrons. The summed E-state index contributed by atoms with van der Waals surface area (Å²) in [5.41, 5.74) is 9.44. The van der Waals surface area contributed by atoms with Gasteiger partial charge in [0.2, 0.25) is 0 Å². The van der Waals surface area contributed by atoms with Gasteiger partial charge in [-0.05, 0) is 24.1 Å². The maximum absolute atomic E-state index is 5.67. The number of imidazole rings is 1. The first-order valence-corrected chi connectivity index (χ1v) is 6.32. The fourth-order valence-corrected chi connectivity index (χ4v) is 2.58. The van der Waals surface area contributed by atoms with Crippen LogP contribution in [0.5, 0.6) is 0 Å². The van der Waals surface area contributed by atoms with E-state index in [4.69, 9.17) is 5.73 Å². The van der Waals surface area contributed by atoms with Crippen LogP contribution in [0.25, 0.3) is 0 Å². The first kappa shape index (κ1) is 11.3. The highest BCUT2D eigenvalue weighted by molar-refractivity contribution is 5.54. The second kappa shape index (κ2) is 4.46. The second-order valence-corrected chi connectivity index (χ2v) is 4.78. The van der Waals surface area contributed by atoms with E-state index in [9.17, 15) is 0 Å². The van der Waals surface area contributed by atoms with Crippen molar-refractivity contribution >= 4 is 5.69 Å². The maximum Gasteiger partial charge on any atom is 0.128 e. The van der Waals surface area contributed by atoms with Crippen LogP contribution in [-0.4, -0.2) is 16.1 Å². The quantitative estimate of drug-likeness (QED) is 0.871. The first-order valence-electron chi connectivity index (χ1n) is 6.32. The van der Waals surface area contributed by atoms with Crippen LogP contribution in [0.15, 0.2) is 30.6 Å².